The summed E-state index contributed by atoms with van der Waals surface area (Å²) < 4.78 is 26.5. The summed E-state index contributed by atoms with van der Waals surface area (Å²) in [6.45, 7) is 0. The molecule has 0 atom stereocenters. The van der Waals surface area contributed by atoms with Crippen LogP contribution in [-0.4, -0.2) is 31.8 Å². The molecule has 3 N–H and O–H groups in total. The number of nitrogens with one attached hydrogen (secondary N) is 3. The van der Waals surface area contributed by atoms with E-state index in [1.165, 1.54) is 31.3 Å². The van der Waals surface area contributed by atoms with E-state index in [0.29, 0.717) is 16.5 Å². The Morgan fingerprint density at radius 2 is 1.63 bits per heavy atom. The van der Waals surface area contributed by atoms with Gasteiger partial charge in [-0.25, -0.2) is 8.42 Å². The van der Waals surface area contributed by atoms with Crippen LogP contribution in [0.5, 0.6) is 0 Å². The van der Waals surface area contributed by atoms with E-state index in [-0.39, 0.29) is 10.8 Å². The van der Waals surface area contributed by atoms with Crippen molar-refractivity contribution in [2.75, 3.05) is 7.05 Å². The van der Waals surface area contributed by atoms with Gasteiger partial charge in [0.1, 0.15) is 0 Å². The Balaban J connectivity index is 1.76. The van der Waals surface area contributed by atoms with Crippen molar-refractivity contribution in [2.24, 2.45) is 7.05 Å². The number of hydrogen-bond donors (Lipinski definition) is 3. The minimum absolute atomic E-state index is 0.0756. The fourth-order valence-corrected chi connectivity index (χ4v) is 3.53. The Kier molecular flexibility index (Phi) is 4.98. The van der Waals surface area contributed by atoms with Crippen molar-refractivity contribution in [3.05, 3.63) is 65.9 Å². The summed E-state index contributed by atoms with van der Waals surface area (Å²) in [5, 5.41) is 3.17. The first kappa shape index (κ1) is 18.6. The van der Waals surface area contributed by atoms with Gasteiger partial charge in [-0.05, 0) is 30.3 Å². The highest BCUT2D eigenvalue weighted by Crippen LogP contribution is 2.20. The topological polar surface area (TPSA) is 109 Å². The van der Waals surface area contributed by atoms with Crippen LogP contribution in [0.25, 0.3) is 10.9 Å². The number of para-hydroxylation sites is 1. The highest BCUT2D eigenvalue weighted by molar-refractivity contribution is 7.89. The second kappa shape index (κ2) is 7.22. The average molecular weight is 386 g/mol. The van der Waals surface area contributed by atoms with Gasteiger partial charge in [0.2, 0.25) is 0 Å². The van der Waals surface area contributed by atoms with E-state index in [9.17, 15) is 18.0 Å². The zero-order valence-electron chi connectivity index (χ0n) is 14.7. The summed E-state index contributed by atoms with van der Waals surface area (Å²) in [7, 11) is -0.693. The van der Waals surface area contributed by atoms with Crippen LogP contribution < -0.4 is 15.6 Å². The quantitative estimate of drug-likeness (QED) is 0.572. The second-order valence-corrected chi connectivity index (χ2v) is 7.52. The predicted octanol–water partition coefficient (Wildman–Crippen LogP) is 1.16. The number of sulfonamides is 1. The van der Waals surface area contributed by atoms with Gasteiger partial charge in [-0.3, -0.25) is 15.0 Å². The van der Waals surface area contributed by atoms with Gasteiger partial charge in [-0.1, -0.05) is 18.2 Å². The van der Waals surface area contributed by atoms with E-state index in [0.717, 1.165) is 5.52 Å². The zero-order chi connectivity index (χ0) is 19.6. The Morgan fingerprint density at radius 1 is 0.963 bits per heavy atom. The van der Waals surface area contributed by atoms with Gasteiger partial charge in [0.25, 0.3) is 21.8 Å². The predicted molar refractivity (Wildman–Crippen MR) is 101 cm³/mol. The molecule has 140 valence electrons. The molecule has 27 heavy (non-hydrogen) atoms. The Hall–Kier alpha value is -3.17. The van der Waals surface area contributed by atoms with Crippen LogP contribution in [0.15, 0.2) is 59.6 Å². The van der Waals surface area contributed by atoms with Crippen molar-refractivity contribution < 1.29 is 18.0 Å². The number of hydrazine groups is 1. The molecule has 0 saturated carbocycles. The molecule has 0 aliphatic heterocycles. The largest absolute Gasteiger partial charge is 0.355 e. The van der Waals surface area contributed by atoms with Crippen LogP contribution in [0.2, 0.25) is 0 Å². The number of benzene rings is 2. The lowest BCUT2D eigenvalue weighted by Crippen LogP contribution is -2.41. The van der Waals surface area contributed by atoms with Crippen molar-refractivity contribution in [3.8, 4) is 0 Å². The molecular formula is C18H18N4O4S. The van der Waals surface area contributed by atoms with Gasteiger partial charge in [0.05, 0.1) is 10.5 Å². The molecule has 8 nitrogen and oxygen atoms in total. The second-order valence-electron chi connectivity index (χ2n) is 5.83. The fourth-order valence-electron chi connectivity index (χ4n) is 2.69. The van der Waals surface area contributed by atoms with E-state index < -0.39 is 15.9 Å². The molecule has 2 amide bonds. The molecule has 0 spiro atoms. The number of hydrogen-bond acceptors (Lipinski definition) is 4. The van der Waals surface area contributed by atoms with Crippen molar-refractivity contribution in [1.29, 1.82) is 0 Å². The summed E-state index contributed by atoms with van der Waals surface area (Å²) >= 11 is 0. The van der Waals surface area contributed by atoms with Gasteiger partial charge in [-0.15, -0.1) is 4.83 Å². The van der Waals surface area contributed by atoms with Gasteiger partial charge in [0, 0.05) is 36.8 Å². The van der Waals surface area contributed by atoms with Crippen LogP contribution in [0.4, 0.5) is 0 Å². The molecule has 0 bridgehead atoms. The Labute approximate surface area is 156 Å². The first-order chi connectivity index (χ1) is 12.8. The number of carbonyl (C=O) groups is 2. The maximum absolute atomic E-state index is 12.4. The highest BCUT2D eigenvalue weighted by Gasteiger charge is 2.18. The van der Waals surface area contributed by atoms with Crippen LogP contribution in [-0.2, 0) is 17.1 Å². The first-order valence-corrected chi connectivity index (χ1v) is 9.50. The number of rotatable bonds is 5. The normalized spacial score (nSPS) is 11.3. The summed E-state index contributed by atoms with van der Waals surface area (Å²) in [4.78, 5) is 25.9. The van der Waals surface area contributed by atoms with E-state index in [1.54, 1.807) is 29.9 Å². The van der Waals surface area contributed by atoms with Crippen molar-refractivity contribution in [1.82, 2.24) is 20.1 Å². The summed E-state index contributed by atoms with van der Waals surface area (Å²) in [6.07, 6.45) is 1.63. The molecule has 1 aromatic heterocycles. The minimum Gasteiger partial charge on any atom is -0.355 e. The maximum atomic E-state index is 12.4. The van der Waals surface area contributed by atoms with E-state index in [1.807, 2.05) is 12.1 Å². The number of carbonyl (C=O) groups excluding carboxylic acids is 2. The first-order valence-electron chi connectivity index (χ1n) is 8.02. The number of nitrogens with zero attached hydrogens (tertiary/aromatic N) is 1. The maximum Gasteiger partial charge on any atom is 0.268 e. The molecule has 0 aliphatic rings. The number of amides is 2. The van der Waals surface area contributed by atoms with Gasteiger partial charge >= 0.3 is 0 Å². The van der Waals surface area contributed by atoms with Crippen molar-refractivity contribution >= 4 is 32.7 Å². The summed E-state index contributed by atoms with van der Waals surface area (Å²) in [5.74, 6) is -0.895. The molecule has 0 radical (unpaired) electrons. The number of aromatic nitrogens is 1. The fraction of sp³-hybridized carbons (Fsp3) is 0.111. The highest BCUT2D eigenvalue weighted by atomic mass is 32.2. The van der Waals surface area contributed by atoms with Crippen LogP contribution in [0.3, 0.4) is 0 Å². The Morgan fingerprint density at radius 3 is 2.30 bits per heavy atom. The molecule has 0 fully saturated rings. The molecule has 2 aromatic carbocycles. The summed E-state index contributed by atoms with van der Waals surface area (Å²) in [6, 6.07) is 12.7. The third-order valence-corrected chi connectivity index (χ3v) is 5.36. The van der Waals surface area contributed by atoms with Crippen molar-refractivity contribution in [3.63, 3.8) is 0 Å². The smallest absolute Gasteiger partial charge is 0.268 e. The number of fused-ring (bicyclic) bond motifs is 1. The molecule has 1 heterocycles. The monoisotopic (exact) mass is 386 g/mol. The third-order valence-electron chi connectivity index (χ3n) is 4.09. The van der Waals surface area contributed by atoms with Gasteiger partial charge in [-0.2, -0.15) is 0 Å². The number of aryl methyl sites for hydroxylation is 1. The summed E-state index contributed by atoms with van der Waals surface area (Å²) in [5.41, 5.74) is 3.76. The van der Waals surface area contributed by atoms with E-state index in [2.05, 4.69) is 15.6 Å². The molecule has 0 aliphatic carbocycles. The van der Waals surface area contributed by atoms with Crippen molar-refractivity contribution in [2.45, 2.75) is 4.90 Å². The molecule has 3 aromatic rings. The van der Waals surface area contributed by atoms with Gasteiger partial charge < -0.3 is 9.88 Å². The standard InChI is InChI=1S/C18H18N4O4S/c1-19-17(23)12-7-9-13(10-8-12)27(25,26)21-20-18(24)15-11-22(2)16-6-4-3-5-14(15)16/h3-11,21H,1-2H3,(H,19,23)(H,20,24). The minimum atomic E-state index is -3.98. The Bertz CT molecular complexity index is 1120. The molecule has 0 unspecified atom stereocenters. The zero-order valence-corrected chi connectivity index (χ0v) is 15.5. The van der Waals surface area contributed by atoms with Crippen LogP contribution >= 0.6 is 0 Å². The van der Waals surface area contributed by atoms with Crippen LogP contribution in [0, 0.1) is 0 Å². The van der Waals surface area contributed by atoms with Gasteiger partial charge in [0.15, 0.2) is 0 Å². The van der Waals surface area contributed by atoms with E-state index in [4.69, 9.17) is 0 Å². The molecule has 3 rings (SSSR count). The lowest BCUT2D eigenvalue weighted by atomic mass is 10.2. The SMILES string of the molecule is CNC(=O)c1ccc(S(=O)(=O)NNC(=O)c2cn(C)c3ccccc23)cc1. The third kappa shape index (κ3) is 3.69. The molecule has 9 heteroatoms. The molecule has 0 saturated heterocycles. The average Bonchev–Trinajstić information content (AvgIpc) is 3.03. The van der Waals surface area contributed by atoms with E-state index >= 15 is 0 Å². The lowest BCUT2D eigenvalue weighted by Gasteiger charge is -2.08. The lowest BCUT2D eigenvalue weighted by molar-refractivity contribution is 0.0943. The molecular weight excluding hydrogens is 368 g/mol. The van der Waals surface area contributed by atoms with Crippen LogP contribution in [0.1, 0.15) is 20.7 Å².